The average Bonchev–Trinajstić information content (AvgIpc) is 3.12. The molecule has 2 heterocycles. The second-order valence-corrected chi connectivity index (χ2v) is 5.24. The molecule has 0 radical (unpaired) electrons. The molecule has 0 aliphatic carbocycles. The molecule has 0 fully saturated rings. The summed E-state index contributed by atoms with van der Waals surface area (Å²) in [5, 5.41) is 2.63. The highest BCUT2D eigenvalue weighted by molar-refractivity contribution is 5.84. The number of amides is 1. The zero-order valence-electron chi connectivity index (χ0n) is 13.1. The highest BCUT2D eigenvalue weighted by Crippen LogP contribution is 2.31. The molecule has 24 heavy (non-hydrogen) atoms. The molecule has 0 saturated heterocycles. The number of benzene rings is 1. The molecule has 0 saturated carbocycles. The molecule has 2 atom stereocenters. The molecule has 0 unspecified atom stereocenters. The number of carbonyl (C=O) groups excluding carboxylic acids is 2. The van der Waals surface area contributed by atoms with Gasteiger partial charge in [0.15, 0.2) is 17.6 Å². The van der Waals surface area contributed by atoms with E-state index < -0.39 is 24.1 Å². The van der Waals surface area contributed by atoms with Crippen LogP contribution in [0.25, 0.3) is 0 Å². The Balaban J connectivity index is 1.50. The average molecular weight is 331 g/mol. The summed E-state index contributed by atoms with van der Waals surface area (Å²) in [6.45, 7) is 1.76. The smallest absolute Gasteiger partial charge is 0.351 e. The number of hydrogen-bond donors (Lipinski definition) is 1. The first kappa shape index (κ1) is 15.9. The lowest BCUT2D eigenvalue weighted by molar-refractivity contribution is -0.163. The molecular formula is C17H17NO6. The van der Waals surface area contributed by atoms with Crippen LogP contribution in [0.4, 0.5) is 0 Å². The van der Waals surface area contributed by atoms with Gasteiger partial charge >= 0.3 is 5.97 Å². The number of carbonyl (C=O) groups is 2. The number of rotatable bonds is 5. The predicted octanol–water partition coefficient (Wildman–Crippen LogP) is 1.67. The Hall–Kier alpha value is -2.96. The van der Waals surface area contributed by atoms with Crippen molar-refractivity contribution < 1.29 is 28.2 Å². The van der Waals surface area contributed by atoms with E-state index in [-0.39, 0.29) is 13.2 Å². The normalized spacial score (nSPS) is 17.0. The van der Waals surface area contributed by atoms with E-state index in [1.807, 2.05) is 6.07 Å². The van der Waals surface area contributed by atoms with Gasteiger partial charge in [-0.15, -0.1) is 0 Å². The van der Waals surface area contributed by atoms with E-state index in [1.54, 1.807) is 30.3 Å². The molecule has 126 valence electrons. The first-order valence-electron chi connectivity index (χ1n) is 7.52. The maximum absolute atomic E-state index is 12.1. The van der Waals surface area contributed by atoms with Gasteiger partial charge in [0, 0.05) is 0 Å². The molecule has 1 amide bonds. The van der Waals surface area contributed by atoms with Gasteiger partial charge in [0.2, 0.25) is 6.10 Å². The van der Waals surface area contributed by atoms with Crippen LogP contribution in [0, 0.1) is 0 Å². The minimum absolute atomic E-state index is 0.0383. The van der Waals surface area contributed by atoms with Crippen LogP contribution in [0.1, 0.15) is 12.7 Å². The minimum Gasteiger partial charge on any atom is -0.485 e. The minimum atomic E-state index is -0.951. The second-order valence-electron chi connectivity index (χ2n) is 5.24. The molecular weight excluding hydrogens is 314 g/mol. The van der Waals surface area contributed by atoms with Crippen LogP contribution in [0.3, 0.4) is 0 Å². The summed E-state index contributed by atoms with van der Waals surface area (Å²) in [6.07, 6.45) is -0.336. The molecule has 1 aromatic carbocycles. The summed E-state index contributed by atoms with van der Waals surface area (Å²) in [5.41, 5.74) is 0. The Kier molecular flexibility index (Phi) is 4.69. The molecule has 1 aliphatic rings. The van der Waals surface area contributed by atoms with Crippen molar-refractivity contribution in [2.24, 2.45) is 0 Å². The fourth-order valence-corrected chi connectivity index (χ4v) is 2.17. The van der Waals surface area contributed by atoms with Gasteiger partial charge in [-0.1, -0.05) is 12.1 Å². The number of ether oxygens (including phenoxy) is 3. The standard InChI is InChI=1S/C17H17NO6/c1-11(16(19)18-9-12-5-4-8-21-12)23-17(20)15-10-22-13-6-2-3-7-14(13)24-15/h2-8,11,15H,9-10H2,1H3,(H,18,19)/t11-,15-/m1/s1. The van der Waals surface area contributed by atoms with Crippen LogP contribution >= 0.6 is 0 Å². The van der Waals surface area contributed by atoms with Crippen molar-refractivity contribution in [3.8, 4) is 11.5 Å². The van der Waals surface area contributed by atoms with Crippen molar-refractivity contribution in [1.29, 1.82) is 0 Å². The highest BCUT2D eigenvalue weighted by atomic mass is 16.6. The molecule has 0 bridgehead atoms. The second kappa shape index (κ2) is 7.08. The van der Waals surface area contributed by atoms with Gasteiger partial charge < -0.3 is 23.9 Å². The third-order valence-electron chi connectivity index (χ3n) is 3.45. The van der Waals surface area contributed by atoms with E-state index in [0.29, 0.717) is 17.3 Å². The van der Waals surface area contributed by atoms with Crippen molar-refractivity contribution in [3.63, 3.8) is 0 Å². The molecule has 2 aromatic rings. The highest BCUT2D eigenvalue weighted by Gasteiger charge is 2.31. The number of furan rings is 1. The van der Waals surface area contributed by atoms with Gasteiger partial charge in [0.1, 0.15) is 12.4 Å². The fraction of sp³-hybridized carbons (Fsp3) is 0.294. The van der Waals surface area contributed by atoms with E-state index >= 15 is 0 Å². The van der Waals surface area contributed by atoms with E-state index in [4.69, 9.17) is 18.6 Å². The predicted molar refractivity (Wildman–Crippen MR) is 82.5 cm³/mol. The first-order valence-corrected chi connectivity index (χ1v) is 7.52. The Morgan fingerprint density at radius 1 is 1.25 bits per heavy atom. The van der Waals surface area contributed by atoms with Crippen LogP contribution < -0.4 is 14.8 Å². The number of nitrogens with one attached hydrogen (secondary N) is 1. The van der Waals surface area contributed by atoms with Crippen molar-refractivity contribution >= 4 is 11.9 Å². The lowest BCUT2D eigenvalue weighted by Crippen LogP contribution is -2.42. The quantitative estimate of drug-likeness (QED) is 0.839. The lowest BCUT2D eigenvalue weighted by Gasteiger charge is -2.25. The fourth-order valence-electron chi connectivity index (χ4n) is 2.17. The van der Waals surface area contributed by atoms with Crippen LogP contribution in [0.5, 0.6) is 11.5 Å². The van der Waals surface area contributed by atoms with E-state index in [0.717, 1.165) is 0 Å². The van der Waals surface area contributed by atoms with Crippen molar-refractivity contribution in [2.75, 3.05) is 6.61 Å². The molecule has 1 aromatic heterocycles. The van der Waals surface area contributed by atoms with E-state index in [1.165, 1.54) is 13.2 Å². The monoisotopic (exact) mass is 331 g/mol. The van der Waals surface area contributed by atoms with Crippen molar-refractivity contribution in [3.05, 3.63) is 48.4 Å². The molecule has 7 heteroatoms. The SMILES string of the molecule is C[C@@H](OC(=O)[C@H]1COc2ccccc2O1)C(=O)NCc1ccco1. The topological polar surface area (TPSA) is 87.0 Å². The molecule has 3 rings (SSSR count). The van der Waals surface area contributed by atoms with Crippen LogP contribution in [0.2, 0.25) is 0 Å². The summed E-state index contributed by atoms with van der Waals surface area (Å²) in [4.78, 5) is 24.1. The van der Waals surface area contributed by atoms with Crippen LogP contribution in [0.15, 0.2) is 47.1 Å². The third-order valence-corrected chi connectivity index (χ3v) is 3.45. The largest absolute Gasteiger partial charge is 0.485 e. The van der Waals surface area contributed by atoms with Gasteiger partial charge in [-0.2, -0.15) is 0 Å². The van der Waals surface area contributed by atoms with Gasteiger partial charge in [-0.05, 0) is 31.2 Å². The Bertz CT molecular complexity index is 712. The Labute approximate surface area is 138 Å². The number of esters is 1. The number of fused-ring (bicyclic) bond motifs is 1. The zero-order valence-corrected chi connectivity index (χ0v) is 13.1. The van der Waals surface area contributed by atoms with Crippen LogP contribution in [-0.2, 0) is 20.9 Å². The van der Waals surface area contributed by atoms with E-state index in [9.17, 15) is 9.59 Å². The van der Waals surface area contributed by atoms with Gasteiger partial charge in [-0.25, -0.2) is 4.79 Å². The third kappa shape index (κ3) is 3.68. The number of hydrogen-bond acceptors (Lipinski definition) is 6. The zero-order chi connectivity index (χ0) is 16.9. The maximum Gasteiger partial charge on any atom is 0.351 e. The first-order chi connectivity index (χ1) is 11.6. The van der Waals surface area contributed by atoms with Gasteiger partial charge in [0.25, 0.3) is 5.91 Å². The maximum atomic E-state index is 12.1. The van der Waals surface area contributed by atoms with Crippen LogP contribution in [-0.4, -0.2) is 30.7 Å². The van der Waals surface area contributed by atoms with E-state index in [2.05, 4.69) is 5.32 Å². The van der Waals surface area contributed by atoms with Gasteiger partial charge in [-0.3, -0.25) is 4.79 Å². The summed E-state index contributed by atoms with van der Waals surface area (Å²) in [5.74, 6) is 0.593. The lowest BCUT2D eigenvalue weighted by atomic mass is 10.2. The Morgan fingerprint density at radius 2 is 2.04 bits per heavy atom. The summed E-state index contributed by atoms with van der Waals surface area (Å²) >= 11 is 0. The summed E-state index contributed by atoms with van der Waals surface area (Å²) in [6, 6.07) is 10.5. The summed E-state index contributed by atoms with van der Waals surface area (Å²) in [7, 11) is 0. The van der Waals surface area contributed by atoms with Crippen molar-refractivity contribution in [2.45, 2.75) is 25.7 Å². The van der Waals surface area contributed by atoms with Crippen molar-refractivity contribution in [1.82, 2.24) is 5.32 Å². The molecule has 1 N–H and O–H groups in total. The number of para-hydroxylation sites is 2. The Morgan fingerprint density at radius 3 is 2.79 bits per heavy atom. The summed E-state index contributed by atoms with van der Waals surface area (Å²) < 4.78 is 21.3. The molecule has 0 spiro atoms. The molecule has 1 aliphatic heterocycles. The van der Waals surface area contributed by atoms with Gasteiger partial charge in [0.05, 0.1) is 12.8 Å². The molecule has 7 nitrogen and oxygen atoms in total.